The second-order valence-electron chi connectivity index (χ2n) is 3.40. The fraction of sp³-hybridized carbons (Fsp3) is 0.273. The molecule has 1 heterocycles. The number of esters is 1. The number of nitrogens with zero attached hydrogens (tertiary/aromatic N) is 2. The molecular formula is C11H12N2O2. The van der Waals surface area contributed by atoms with Crippen LogP contribution in [0.2, 0.25) is 0 Å². The summed E-state index contributed by atoms with van der Waals surface area (Å²) >= 11 is 0. The molecule has 15 heavy (non-hydrogen) atoms. The van der Waals surface area contributed by atoms with Crippen LogP contribution in [0, 0.1) is 6.92 Å². The Morgan fingerprint density at radius 2 is 2.20 bits per heavy atom. The molecular weight excluding hydrogens is 192 g/mol. The number of ether oxygens (including phenoxy) is 1. The standard InChI is InChI=1S/C11H12N2O2/c1-7-8-5-4-6-9(11(14)15-3)10(8)13(2)12-7/h4-6H,1-3H3. The van der Waals surface area contributed by atoms with Crippen LogP contribution in [0.5, 0.6) is 0 Å². The van der Waals surface area contributed by atoms with Crippen molar-refractivity contribution in [2.75, 3.05) is 7.11 Å². The molecule has 0 radical (unpaired) electrons. The van der Waals surface area contributed by atoms with Gasteiger partial charge in [0.2, 0.25) is 0 Å². The normalized spacial score (nSPS) is 10.6. The van der Waals surface area contributed by atoms with Crippen molar-refractivity contribution in [1.29, 1.82) is 0 Å². The lowest BCUT2D eigenvalue weighted by Crippen LogP contribution is -2.04. The molecule has 4 heteroatoms. The van der Waals surface area contributed by atoms with Crippen LogP contribution in [0.15, 0.2) is 18.2 Å². The average Bonchev–Trinajstić information content (AvgIpc) is 2.54. The predicted octanol–water partition coefficient (Wildman–Crippen LogP) is 1.67. The molecule has 2 aromatic rings. The van der Waals surface area contributed by atoms with E-state index in [2.05, 4.69) is 5.10 Å². The minimum absolute atomic E-state index is 0.330. The van der Waals surface area contributed by atoms with Gasteiger partial charge in [-0.15, -0.1) is 0 Å². The molecule has 0 fully saturated rings. The maximum atomic E-state index is 11.5. The highest BCUT2D eigenvalue weighted by Gasteiger charge is 2.14. The lowest BCUT2D eigenvalue weighted by Gasteiger charge is -2.02. The fourth-order valence-electron chi connectivity index (χ4n) is 1.79. The lowest BCUT2D eigenvalue weighted by atomic mass is 10.1. The summed E-state index contributed by atoms with van der Waals surface area (Å²) in [6, 6.07) is 5.53. The summed E-state index contributed by atoms with van der Waals surface area (Å²) in [6.45, 7) is 1.92. The second kappa shape index (κ2) is 3.38. The van der Waals surface area contributed by atoms with Gasteiger partial charge in [-0.2, -0.15) is 5.10 Å². The van der Waals surface area contributed by atoms with Crippen LogP contribution in [0.3, 0.4) is 0 Å². The number of aryl methyl sites for hydroxylation is 2. The van der Waals surface area contributed by atoms with Crippen LogP contribution in [0.4, 0.5) is 0 Å². The Balaban J connectivity index is 2.80. The maximum Gasteiger partial charge on any atom is 0.340 e. The van der Waals surface area contributed by atoms with Crippen molar-refractivity contribution in [3.05, 3.63) is 29.5 Å². The third-order valence-corrected chi connectivity index (χ3v) is 2.45. The highest BCUT2D eigenvalue weighted by molar-refractivity contribution is 6.03. The molecule has 0 bridgehead atoms. The van der Waals surface area contributed by atoms with E-state index in [0.29, 0.717) is 5.56 Å². The molecule has 0 amide bonds. The first kappa shape index (κ1) is 9.71. The highest BCUT2D eigenvalue weighted by Crippen LogP contribution is 2.21. The molecule has 0 saturated carbocycles. The summed E-state index contributed by atoms with van der Waals surface area (Å²) < 4.78 is 6.43. The summed E-state index contributed by atoms with van der Waals surface area (Å²) in [5, 5.41) is 5.26. The van der Waals surface area contributed by atoms with E-state index in [4.69, 9.17) is 4.74 Å². The van der Waals surface area contributed by atoms with E-state index >= 15 is 0 Å². The Kier molecular flexibility index (Phi) is 2.19. The number of hydrogen-bond acceptors (Lipinski definition) is 3. The summed E-state index contributed by atoms with van der Waals surface area (Å²) in [7, 11) is 3.20. The zero-order chi connectivity index (χ0) is 11.0. The summed E-state index contributed by atoms with van der Waals surface area (Å²) in [5.74, 6) is -0.330. The number of carbonyl (C=O) groups excluding carboxylic acids is 1. The quantitative estimate of drug-likeness (QED) is 0.664. The van der Waals surface area contributed by atoms with Crippen molar-refractivity contribution in [1.82, 2.24) is 9.78 Å². The molecule has 0 spiro atoms. The topological polar surface area (TPSA) is 44.1 Å². The molecule has 0 unspecified atom stereocenters. The van der Waals surface area contributed by atoms with Gasteiger partial charge in [0.15, 0.2) is 0 Å². The molecule has 0 aliphatic rings. The Hall–Kier alpha value is -1.84. The van der Waals surface area contributed by atoms with E-state index in [0.717, 1.165) is 16.6 Å². The molecule has 0 N–H and O–H groups in total. The van der Waals surface area contributed by atoms with Crippen LogP contribution in [-0.2, 0) is 11.8 Å². The largest absolute Gasteiger partial charge is 0.465 e. The van der Waals surface area contributed by atoms with E-state index in [1.807, 2.05) is 26.1 Å². The monoisotopic (exact) mass is 204 g/mol. The van der Waals surface area contributed by atoms with Gasteiger partial charge in [0.1, 0.15) is 0 Å². The summed E-state index contributed by atoms with van der Waals surface area (Å²) in [6.07, 6.45) is 0. The number of hydrogen-bond donors (Lipinski definition) is 0. The molecule has 1 aromatic heterocycles. The number of fused-ring (bicyclic) bond motifs is 1. The van der Waals surface area contributed by atoms with Crippen LogP contribution in [0.1, 0.15) is 16.1 Å². The van der Waals surface area contributed by atoms with Crippen molar-refractivity contribution in [3.8, 4) is 0 Å². The van der Waals surface area contributed by atoms with Gasteiger partial charge >= 0.3 is 5.97 Å². The lowest BCUT2D eigenvalue weighted by molar-refractivity contribution is 0.0602. The van der Waals surface area contributed by atoms with Crippen molar-refractivity contribution >= 4 is 16.9 Å². The van der Waals surface area contributed by atoms with E-state index in [1.165, 1.54) is 7.11 Å². The van der Waals surface area contributed by atoms with Gasteiger partial charge in [0, 0.05) is 12.4 Å². The van der Waals surface area contributed by atoms with Crippen LogP contribution in [-0.4, -0.2) is 22.9 Å². The first-order valence-corrected chi connectivity index (χ1v) is 4.65. The second-order valence-corrected chi connectivity index (χ2v) is 3.40. The van der Waals surface area contributed by atoms with Gasteiger partial charge in [-0.1, -0.05) is 12.1 Å². The molecule has 0 saturated heterocycles. The third kappa shape index (κ3) is 1.38. The minimum Gasteiger partial charge on any atom is -0.465 e. The molecule has 2 rings (SSSR count). The van der Waals surface area contributed by atoms with Crippen LogP contribution < -0.4 is 0 Å². The van der Waals surface area contributed by atoms with Crippen molar-refractivity contribution in [3.63, 3.8) is 0 Å². The number of carbonyl (C=O) groups is 1. The molecule has 1 aromatic carbocycles. The van der Waals surface area contributed by atoms with E-state index in [1.54, 1.807) is 10.7 Å². The van der Waals surface area contributed by atoms with Gasteiger partial charge < -0.3 is 4.74 Å². The third-order valence-electron chi connectivity index (χ3n) is 2.45. The molecule has 0 aliphatic carbocycles. The molecule has 0 atom stereocenters. The number of rotatable bonds is 1. The number of para-hydroxylation sites is 1. The SMILES string of the molecule is COC(=O)c1cccc2c(C)nn(C)c12. The number of methoxy groups -OCH3 is 1. The van der Waals surface area contributed by atoms with Gasteiger partial charge in [-0.3, -0.25) is 4.68 Å². The van der Waals surface area contributed by atoms with Crippen LogP contribution in [0.25, 0.3) is 10.9 Å². The Bertz CT molecular complexity index is 529. The molecule has 78 valence electrons. The van der Waals surface area contributed by atoms with Gasteiger partial charge in [0.05, 0.1) is 23.9 Å². The first-order chi connectivity index (χ1) is 7.15. The van der Waals surface area contributed by atoms with E-state index < -0.39 is 0 Å². The smallest absolute Gasteiger partial charge is 0.340 e. The highest BCUT2D eigenvalue weighted by atomic mass is 16.5. The number of aromatic nitrogens is 2. The summed E-state index contributed by atoms with van der Waals surface area (Å²) in [5.41, 5.74) is 2.29. The Morgan fingerprint density at radius 1 is 1.47 bits per heavy atom. The van der Waals surface area contributed by atoms with Gasteiger partial charge in [-0.05, 0) is 13.0 Å². The Morgan fingerprint density at radius 3 is 2.87 bits per heavy atom. The van der Waals surface area contributed by atoms with Gasteiger partial charge in [-0.25, -0.2) is 4.79 Å². The number of benzene rings is 1. The zero-order valence-corrected chi connectivity index (χ0v) is 8.94. The van der Waals surface area contributed by atoms with E-state index in [-0.39, 0.29) is 5.97 Å². The predicted molar refractivity (Wildman–Crippen MR) is 56.8 cm³/mol. The maximum absolute atomic E-state index is 11.5. The minimum atomic E-state index is -0.330. The zero-order valence-electron chi connectivity index (χ0n) is 8.94. The van der Waals surface area contributed by atoms with Crippen LogP contribution >= 0.6 is 0 Å². The average molecular weight is 204 g/mol. The van der Waals surface area contributed by atoms with Crippen molar-refractivity contribution in [2.24, 2.45) is 7.05 Å². The van der Waals surface area contributed by atoms with Gasteiger partial charge in [0.25, 0.3) is 0 Å². The Labute approximate surface area is 87.5 Å². The molecule has 0 aliphatic heterocycles. The van der Waals surface area contributed by atoms with E-state index in [9.17, 15) is 4.79 Å². The summed E-state index contributed by atoms with van der Waals surface area (Å²) in [4.78, 5) is 11.5. The van der Waals surface area contributed by atoms with Crippen molar-refractivity contribution < 1.29 is 9.53 Å². The first-order valence-electron chi connectivity index (χ1n) is 4.65. The fourth-order valence-corrected chi connectivity index (χ4v) is 1.79. The van der Waals surface area contributed by atoms with Crippen molar-refractivity contribution in [2.45, 2.75) is 6.92 Å². The molecule has 4 nitrogen and oxygen atoms in total.